The highest BCUT2D eigenvalue weighted by atomic mass is 16.5. The summed E-state index contributed by atoms with van der Waals surface area (Å²) in [6, 6.07) is 15.0. The Labute approximate surface area is 178 Å². The molecular weight excluding hydrogens is 380 g/mol. The summed E-state index contributed by atoms with van der Waals surface area (Å²) in [5, 5.41) is 0. The minimum absolute atomic E-state index is 0.00305. The van der Waals surface area contributed by atoms with E-state index in [1.54, 1.807) is 35.1 Å². The van der Waals surface area contributed by atoms with Crippen molar-refractivity contribution >= 4 is 11.8 Å². The second-order valence-corrected chi connectivity index (χ2v) is 8.44. The van der Waals surface area contributed by atoms with Crippen LogP contribution in [0.2, 0.25) is 0 Å². The van der Waals surface area contributed by atoms with E-state index in [0.29, 0.717) is 37.5 Å². The van der Waals surface area contributed by atoms with Gasteiger partial charge in [-0.15, -0.1) is 0 Å². The van der Waals surface area contributed by atoms with E-state index >= 15 is 0 Å². The molecule has 30 heavy (non-hydrogen) atoms. The Kier molecular flexibility index (Phi) is 6.65. The molecule has 2 aromatic rings. The summed E-state index contributed by atoms with van der Waals surface area (Å²) in [6.07, 6.45) is 0. The average molecular weight is 411 g/mol. The van der Waals surface area contributed by atoms with Crippen LogP contribution in [0.15, 0.2) is 48.5 Å². The van der Waals surface area contributed by atoms with Crippen LogP contribution in [0.4, 0.5) is 0 Å². The normalized spacial score (nSPS) is 14.4. The lowest BCUT2D eigenvalue weighted by Gasteiger charge is -2.35. The third-order valence-corrected chi connectivity index (χ3v) is 5.28. The van der Waals surface area contributed by atoms with Crippen LogP contribution in [0.1, 0.15) is 36.7 Å². The lowest BCUT2D eigenvalue weighted by molar-refractivity contribution is -0.134. The van der Waals surface area contributed by atoms with Gasteiger partial charge in [0.2, 0.25) is 0 Å². The van der Waals surface area contributed by atoms with Crippen molar-refractivity contribution in [2.24, 2.45) is 0 Å². The summed E-state index contributed by atoms with van der Waals surface area (Å²) in [6.45, 7) is 8.36. The lowest BCUT2D eigenvalue weighted by atomic mass is 9.86. The molecule has 3 rings (SSSR count). The molecule has 1 aliphatic rings. The lowest BCUT2D eigenvalue weighted by Crippen LogP contribution is -2.51. The van der Waals surface area contributed by atoms with E-state index in [2.05, 4.69) is 20.8 Å². The van der Waals surface area contributed by atoms with Gasteiger partial charge < -0.3 is 19.3 Å². The first-order chi connectivity index (χ1) is 14.3. The van der Waals surface area contributed by atoms with E-state index < -0.39 is 0 Å². The van der Waals surface area contributed by atoms with E-state index in [-0.39, 0.29) is 23.8 Å². The van der Waals surface area contributed by atoms with Crippen molar-refractivity contribution in [1.29, 1.82) is 0 Å². The highest BCUT2D eigenvalue weighted by molar-refractivity contribution is 5.94. The van der Waals surface area contributed by atoms with Crippen molar-refractivity contribution < 1.29 is 19.1 Å². The van der Waals surface area contributed by atoms with Crippen molar-refractivity contribution in [2.45, 2.75) is 26.2 Å². The van der Waals surface area contributed by atoms with Gasteiger partial charge in [-0.25, -0.2) is 0 Å². The van der Waals surface area contributed by atoms with Crippen molar-refractivity contribution in [1.82, 2.24) is 9.80 Å². The fourth-order valence-electron chi connectivity index (χ4n) is 3.54. The van der Waals surface area contributed by atoms with Crippen LogP contribution in [0.25, 0.3) is 0 Å². The van der Waals surface area contributed by atoms with E-state index in [1.165, 1.54) is 0 Å². The topological polar surface area (TPSA) is 59.1 Å². The van der Waals surface area contributed by atoms with Crippen LogP contribution in [-0.2, 0) is 10.2 Å². The quantitative estimate of drug-likeness (QED) is 0.759. The first-order valence-corrected chi connectivity index (χ1v) is 10.2. The molecule has 1 aliphatic heterocycles. The zero-order valence-electron chi connectivity index (χ0n) is 18.2. The molecule has 2 aromatic carbocycles. The molecule has 6 heteroatoms. The molecule has 0 saturated carbocycles. The number of ether oxygens (including phenoxy) is 2. The second kappa shape index (κ2) is 9.20. The fraction of sp³-hybridized carbons (Fsp3) is 0.417. The average Bonchev–Trinajstić information content (AvgIpc) is 2.76. The number of rotatable bonds is 5. The number of nitrogens with zero attached hydrogens (tertiary/aromatic N) is 2. The van der Waals surface area contributed by atoms with Crippen LogP contribution in [0.5, 0.6) is 11.5 Å². The Hall–Kier alpha value is -3.02. The van der Waals surface area contributed by atoms with Crippen LogP contribution < -0.4 is 9.47 Å². The standard InChI is InChI=1S/C24H30N2O4/c1-24(2,3)20-10-5-6-11-21(20)30-17-22(27)25-12-14-26(15-13-25)23(28)18-8-7-9-19(16-18)29-4/h5-11,16H,12-15,17H2,1-4H3. The molecule has 0 radical (unpaired) electrons. The van der Waals surface area contributed by atoms with Gasteiger partial charge in [-0.3, -0.25) is 9.59 Å². The van der Waals surface area contributed by atoms with Gasteiger partial charge in [0.25, 0.3) is 11.8 Å². The molecule has 1 saturated heterocycles. The zero-order chi connectivity index (χ0) is 21.7. The monoisotopic (exact) mass is 410 g/mol. The van der Waals surface area contributed by atoms with Gasteiger partial charge in [0, 0.05) is 31.7 Å². The maximum Gasteiger partial charge on any atom is 0.260 e. The maximum absolute atomic E-state index is 12.7. The third kappa shape index (κ3) is 5.12. The molecule has 160 valence electrons. The van der Waals surface area contributed by atoms with Crippen molar-refractivity contribution in [3.05, 3.63) is 59.7 Å². The van der Waals surface area contributed by atoms with Gasteiger partial charge in [-0.1, -0.05) is 45.0 Å². The number of amides is 2. The number of methoxy groups -OCH3 is 1. The number of benzene rings is 2. The van der Waals surface area contributed by atoms with Gasteiger partial charge >= 0.3 is 0 Å². The van der Waals surface area contributed by atoms with Crippen LogP contribution in [0.3, 0.4) is 0 Å². The summed E-state index contributed by atoms with van der Waals surface area (Å²) >= 11 is 0. The smallest absolute Gasteiger partial charge is 0.260 e. The molecular formula is C24H30N2O4. The van der Waals surface area contributed by atoms with Crippen LogP contribution in [-0.4, -0.2) is 61.5 Å². The second-order valence-electron chi connectivity index (χ2n) is 8.44. The maximum atomic E-state index is 12.7. The van der Waals surface area contributed by atoms with E-state index in [9.17, 15) is 9.59 Å². The van der Waals surface area contributed by atoms with Crippen molar-refractivity contribution in [3.8, 4) is 11.5 Å². The van der Waals surface area contributed by atoms with Crippen LogP contribution >= 0.6 is 0 Å². The molecule has 0 atom stereocenters. The van der Waals surface area contributed by atoms with Crippen molar-refractivity contribution in [3.63, 3.8) is 0 Å². The third-order valence-electron chi connectivity index (χ3n) is 5.28. The highest BCUT2D eigenvalue weighted by Gasteiger charge is 2.26. The molecule has 0 spiro atoms. The Morgan fingerprint density at radius 1 is 0.933 bits per heavy atom. The molecule has 0 bridgehead atoms. The zero-order valence-corrected chi connectivity index (χ0v) is 18.2. The number of hydrogen-bond acceptors (Lipinski definition) is 4. The molecule has 1 heterocycles. The summed E-state index contributed by atoms with van der Waals surface area (Å²) < 4.78 is 11.1. The van der Waals surface area contributed by atoms with Gasteiger partial charge in [0.15, 0.2) is 6.61 Å². The van der Waals surface area contributed by atoms with Crippen molar-refractivity contribution in [2.75, 3.05) is 39.9 Å². The van der Waals surface area contributed by atoms with E-state index in [0.717, 1.165) is 11.3 Å². The molecule has 2 amide bonds. The summed E-state index contributed by atoms with van der Waals surface area (Å²) in [4.78, 5) is 28.9. The van der Waals surface area contributed by atoms with Gasteiger partial charge in [0.1, 0.15) is 11.5 Å². The largest absolute Gasteiger partial charge is 0.497 e. The molecule has 0 N–H and O–H groups in total. The minimum atomic E-state index is -0.0637. The Morgan fingerprint density at radius 2 is 1.60 bits per heavy atom. The van der Waals surface area contributed by atoms with Gasteiger partial charge in [0.05, 0.1) is 7.11 Å². The van der Waals surface area contributed by atoms with Gasteiger partial charge in [-0.05, 0) is 35.2 Å². The number of carbonyl (C=O) groups excluding carboxylic acids is 2. The summed E-state index contributed by atoms with van der Waals surface area (Å²) in [7, 11) is 1.58. The Morgan fingerprint density at radius 3 is 2.27 bits per heavy atom. The molecule has 1 fully saturated rings. The summed E-state index contributed by atoms with van der Waals surface area (Å²) in [5.74, 6) is 1.29. The first kappa shape index (κ1) is 21.7. The summed E-state index contributed by atoms with van der Waals surface area (Å²) in [5.41, 5.74) is 1.61. The SMILES string of the molecule is COc1cccc(C(=O)N2CCN(C(=O)COc3ccccc3C(C)(C)C)CC2)c1. The predicted octanol–water partition coefficient (Wildman–Crippen LogP) is 3.36. The molecule has 0 unspecified atom stereocenters. The van der Waals surface area contributed by atoms with E-state index in [4.69, 9.17) is 9.47 Å². The molecule has 0 aliphatic carbocycles. The Bertz CT molecular complexity index is 896. The fourth-order valence-corrected chi connectivity index (χ4v) is 3.54. The minimum Gasteiger partial charge on any atom is -0.497 e. The number of carbonyl (C=O) groups is 2. The highest BCUT2D eigenvalue weighted by Crippen LogP contribution is 2.30. The number of hydrogen-bond donors (Lipinski definition) is 0. The van der Waals surface area contributed by atoms with E-state index in [1.807, 2.05) is 30.3 Å². The molecule has 6 nitrogen and oxygen atoms in total. The van der Waals surface area contributed by atoms with Gasteiger partial charge in [-0.2, -0.15) is 0 Å². The Balaban J connectivity index is 1.54. The number of para-hydroxylation sites is 1. The molecule has 0 aromatic heterocycles. The van der Waals surface area contributed by atoms with Crippen LogP contribution in [0, 0.1) is 0 Å². The predicted molar refractivity (Wildman–Crippen MR) is 116 cm³/mol. The first-order valence-electron chi connectivity index (χ1n) is 10.2. The number of piperazine rings is 1.